The fourth-order valence-corrected chi connectivity index (χ4v) is 1.16. The van der Waals surface area contributed by atoms with Gasteiger partial charge in [-0.15, -0.1) is 12.3 Å². The second-order valence-corrected chi connectivity index (χ2v) is 2.91. The van der Waals surface area contributed by atoms with Crippen LogP contribution in [0.25, 0.3) is 0 Å². The molecule has 0 aliphatic heterocycles. The van der Waals surface area contributed by atoms with Crippen molar-refractivity contribution in [2.24, 2.45) is 0 Å². The van der Waals surface area contributed by atoms with E-state index in [2.05, 4.69) is 10.9 Å². The lowest BCUT2D eigenvalue weighted by atomic mass is 10.2. The Kier molecular flexibility index (Phi) is 3.29. The first-order valence-electron chi connectivity index (χ1n) is 4.45. The van der Waals surface area contributed by atoms with Gasteiger partial charge in [0.05, 0.1) is 0 Å². The number of nitrogens with one attached hydrogen (secondary N) is 1. The Morgan fingerprint density at radius 1 is 1.57 bits per heavy atom. The van der Waals surface area contributed by atoms with Crippen LogP contribution in [0, 0.1) is 12.3 Å². The van der Waals surface area contributed by atoms with E-state index in [1.807, 2.05) is 6.92 Å². The normalized spacial score (nSPS) is 9.71. The van der Waals surface area contributed by atoms with E-state index in [0.717, 1.165) is 0 Å². The number of hydrogen-bond donors (Lipinski definition) is 1. The summed E-state index contributed by atoms with van der Waals surface area (Å²) in [6.45, 7) is 2.31. The first kappa shape index (κ1) is 10.3. The summed E-state index contributed by atoms with van der Waals surface area (Å²) in [4.78, 5) is 24.7. The third kappa shape index (κ3) is 2.13. The van der Waals surface area contributed by atoms with Gasteiger partial charge in [-0.2, -0.15) is 0 Å². The molecule has 0 saturated heterocycles. The van der Waals surface area contributed by atoms with E-state index in [1.165, 1.54) is 4.57 Å². The third-order valence-corrected chi connectivity index (χ3v) is 1.96. The van der Waals surface area contributed by atoms with Crippen molar-refractivity contribution < 1.29 is 0 Å². The van der Waals surface area contributed by atoms with Crippen LogP contribution in [0.5, 0.6) is 0 Å². The summed E-state index contributed by atoms with van der Waals surface area (Å²) < 4.78 is 1.43. The van der Waals surface area contributed by atoms with E-state index < -0.39 is 5.69 Å². The zero-order valence-corrected chi connectivity index (χ0v) is 8.04. The fourth-order valence-electron chi connectivity index (χ4n) is 1.16. The first-order chi connectivity index (χ1) is 6.69. The summed E-state index contributed by atoms with van der Waals surface area (Å²) >= 11 is 0. The standard InChI is InChI=1S/C10H12N2O2/c1-3-5-6-12-7-8(4-2)9(13)11-10(12)14/h1,7H,4-6H2,2H3,(H,11,13,14). The highest BCUT2D eigenvalue weighted by atomic mass is 16.2. The Labute approximate surface area is 81.6 Å². The summed E-state index contributed by atoms with van der Waals surface area (Å²) in [5, 5.41) is 0. The van der Waals surface area contributed by atoms with Crippen LogP contribution in [-0.4, -0.2) is 9.55 Å². The number of nitrogens with zero attached hydrogens (tertiary/aromatic N) is 1. The highest BCUT2D eigenvalue weighted by Crippen LogP contribution is 1.90. The molecule has 0 unspecified atom stereocenters. The van der Waals surface area contributed by atoms with E-state index >= 15 is 0 Å². The van der Waals surface area contributed by atoms with E-state index in [-0.39, 0.29) is 5.56 Å². The Morgan fingerprint density at radius 2 is 2.29 bits per heavy atom. The summed E-state index contributed by atoms with van der Waals surface area (Å²) in [7, 11) is 0. The van der Waals surface area contributed by atoms with Gasteiger partial charge in [-0.05, 0) is 6.42 Å². The van der Waals surface area contributed by atoms with Crippen LogP contribution in [0.15, 0.2) is 15.8 Å². The number of aromatic amines is 1. The lowest BCUT2D eigenvalue weighted by Gasteiger charge is -2.03. The van der Waals surface area contributed by atoms with Gasteiger partial charge in [0.2, 0.25) is 0 Å². The highest BCUT2D eigenvalue weighted by molar-refractivity contribution is 5.04. The van der Waals surface area contributed by atoms with E-state index in [4.69, 9.17) is 6.42 Å². The van der Waals surface area contributed by atoms with E-state index in [1.54, 1.807) is 6.20 Å². The molecule has 0 saturated carbocycles. The summed E-state index contributed by atoms with van der Waals surface area (Å²) in [6.07, 6.45) is 7.74. The molecule has 0 atom stereocenters. The molecule has 0 aromatic carbocycles. The van der Waals surface area contributed by atoms with Crippen molar-refractivity contribution in [3.8, 4) is 12.3 Å². The Bertz CT molecular complexity index is 462. The summed E-state index contributed by atoms with van der Waals surface area (Å²) in [5.41, 5.74) is -0.112. The fraction of sp³-hybridized carbons (Fsp3) is 0.400. The molecule has 74 valence electrons. The number of rotatable bonds is 3. The lowest BCUT2D eigenvalue weighted by molar-refractivity contribution is 0.653. The minimum atomic E-state index is -0.401. The van der Waals surface area contributed by atoms with Gasteiger partial charge in [-0.25, -0.2) is 4.79 Å². The molecule has 0 aliphatic rings. The Hall–Kier alpha value is -1.76. The molecule has 1 aromatic heterocycles. The van der Waals surface area contributed by atoms with Crippen molar-refractivity contribution >= 4 is 0 Å². The molecule has 14 heavy (non-hydrogen) atoms. The molecular formula is C10H12N2O2. The maximum atomic E-state index is 11.3. The van der Waals surface area contributed by atoms with Crippen LogP contribution in [-0.2, 0) is 13.0 Å². The molecule has 1 rings (SSSR count). The van der Waals surface area contributed by atoms with Gasteiger partial charge >= 0.3 is 5.69 Å². The molecular weight excluding hydrogens is 180 g/mol. The number of hydrogen-bond acceptors (Lipinski definition) is 2. The smallest absolute Gasteiger partial charge is 0.299 e. The number of H-pyrrole nitrogens is 1. The average molecular weight is 192 g/mol. The predicted octanol–water partition coefficient (Wildman–Crippen LogP) is 0.122. The predicted molar refractivity (Wildman–Crippen MR) is 54.2 cm³/mol. The Morgan fingerprint density at radius 3 is 2.86 bits per heavy atom. The van der Waals surface area contributed by atoms with E-state index in [9.17, 15) is 9.59 Å². The van der Waals surface area contributed by atoms with Crippen molar-refractivity contribution in [1.82, 2.24) is 9.55 Å². The average Bonchev–Trinajstić information content (AvgIpc) is 2.17. The molecule has 0 amide bonds. The molecule has 0 radical (unpaired) electrons. The lowest BCUT2D eigenvalue weighted by Crippen LogP contribution is -2.31. The number of terminal acetylenes is 1. The quantitative estimate of drug-likeness (QED) is 0.692. The zero-order chi connectivity index (χ0) is 10.6. The van der Waals surface area contributed by atoms with Gasteiger partial charge in [0.25, 0.3) is 5.56 Å². The largest absolute Gasteiger partial charge is 0.328 e. The minimum Gasteiger partial charge on any atom is -0.299 e. The van der Waals surface area contributed by atoms with Crippen molar-refractivity contribution in [2.75, 3.05) is 0 Å². The van der Waals surface area contributed by atoms with Crippen LogP contribution in [0.2, 0.25) is 0 Å². The molecule has 0 aliphatic carbocycles. The van der Waals surface area contributed by atoms with Gasteiger partial charge in [0, 0.05) is 24.7 Å². The van der Waals surface area contributed by atoms with Crippen LogP contribution in [0.3, 0.4) is 0 Å². The zero-order valence-electron chi connectivity index (χ0n) is 8.04. The third-order valence-electron chi connectivity index (χ3n) is 1.96. The maximum Gasteiger partial charge on any atom is 0.328 e. The SMILES string of the molecule is C#CCCn1cc(CC)c(=O)[nH]c1=O. The van der Waals surface area contributed by atoms with Crippen LogP contribution in [0.4, 0.5) is 0 Å². The molecule has 0 spiro atoms. The molecule has 4 heteroatoms. The van der Waals surface area contributed by atoms with Crippen LogP contribution < -0.4 is 11.2 Å². The molecule has 1 aromatic rings. The van der Waals surface area contributed by atoms with Gasteiger partial charge in [-0.3, -0.25) is 14.3 Å². The van der Waals surface area contributed by atoms with Gasteiger partial charge in [0.15, 0.2) is 0 Å². The number of aromatic nitrogens is 2. The molecule has 0 bridgehead atoms. The Balaban J connectivity index is 3.13. The molecule has 4 nitrogen and oxygen atoms in total. The van der Waals surface area contributed by atoms with Gasteiger partial charge < -0.3 is 0 Å². The number of aryl methyl sites for hydroxylation is 2. The minimum absolute atomic E-state index is 0.311. The monoisotopic (exact) mass is 192 g/mol. The van der Waals surface area contributed by atoms with E-state index in [0.29, 0.717) is 24.9 Å². The van der Waals surface area contributed by atoms with Gasteiger partial charge in [0.1, 0.15) is 0 Å². The van der Waals surface area contributed by atoms with Crippen LogP contribution >= 0.6 is 0 Å². The summed E-state index contributed by atoms with van der Waals surface area (Å²) in [5.74, 6) is 2.44. The van der Waals surface area contributed by atoms with Crippen molar-refractivity contribution in [3.63, 3.8) is 0 Å². The van der Waals surface area contributed by atoms with Crippen molar-refractivity contribution in [2.45, 2.75) is 26.3 Å². The van der Waals surface area contributed by atoms with Crippen molar-refractivity contribution in [1.29, 1.82) is 0 Å². The first-order valence-corrected chi connectivity index (χ1v) is 4.45. The molecule has 1 heterocycles. The molecule has 0 fully saturated rings. The van der Waals surface area contributed by atoms with Crippen molar-refractivity contribution in [3.05, 3.63) is 32.6 Å². The van der Waals surface area contributed by atoms with Crippen LogP contribution in [0.1, 0.15) is 18.9 Å². The second kappa shape index (κ2) is 4.47. The second-order valence-electron chi connectivity index (χ2n) is 2.91. The molecule has 1 N–H and O–H groups in total. The summed E-state index contributed by atoms with van der Waals surface area (Å²) in [6, 6.07) is 0. The topological polar surface area (TPSA) is 54.9 Å². The maximum absolute atomic E-state index is 11.3. The highest BCUT2D eigenvalue weighted by Gasteiger charge is 2.01. The van der Waals surface area contributed by atoms with Gasteiger partial charge in [-0.1, -0.05) is 6.92 Å².